The molecule has 2 aliphatic rings. The van der Waals surface area contributed by atoms with Crippen LogP contribution in [0.2, 0.25) is 0 Å². The average molecular weight is 427 g/mol. The summed E-state index contributed by atoms with van der Waals surface area (Å²) in [5, 5.41) is 5.27. The van der Waals surface area contributed by atoms with E-state index >= 15 is 0 Å². The van der Waals surface area contributed by atoms with Gasteiger partial charge in [0.15, 0.2) is 0 Å². The summed E-state index contributed by atoms with van der Waals surface area (Å²) >= 11 is 0. The number of anilines is 1. The number of halogens is 2. The molecule has 0 saturated carbocycles. The van der Waals surface area contributed by atoms with Crippen LogP contribution in [0.5, 0.6) is 5.75 Å². The number of nitrogens with zero attached hydrogens (tertiary/aromatic N) is 1. The second-order valence-electron chi connectivity index (χ2n) is 7.83. The van der Waals surface area contributed by atoms with Gasteiger partial charge in [-0.1, -0.05) is 0 Å². The molecule has 4 rings (SSSR count). The Balaban J connectivity index is 1.62. The zero-order chi connectivity index (χ0) is 22.3. The lowest BCUT2D eigenvalue weighted by molar-refractivity contribution is -0.138. The van der Waals surface area contributed by atoms with Crippen molar-refractivity contribution in [2.45, 2.75) is 31.4 Å². The van der Waals surface area contributed by atoms with Crippen molar-refractivity contribution in [2.24, 2.45) is 0 Å². The van der Waals surface area contributed by atoms with E-state index in [9.17, 15) is 23.2 Å². The number of benzene rings is 2. The smallest absolute Gasteiger partial charge is 0.254 e. The van der Waals surface area contributed by atoms with Gasteiger partial charge in [0.25, 0.3) is 5.91 Å². The Labute approximate surface area is 178 Å². The second-order valence-corrected chi connectivity index (χ2v) is 7.83. The van der Waals surface area contributed by atoms with E-state index in [-0.39, 0.29) is 37.4 Å². The zero-order valence-corrected chi connectivity index (χ0v) is 17.1. The minimum Gasteiger partial charge on any atom is -0.497 e. The van der Waals surface area contributed by atoms with Gasteiger partial charge >= 0.3 is 0 Å². The van der Waals surface area contributed by atoms with Crippen molar-refractivity contribution in [3.05, 3.63) is 58.7 Å². The van der Waals surface area contributed by atoms with Crippen LogP contribution in [-0.4, -0.2) is 43.0 Å². The predicted molar refractivity (Wildman–Crippen MR) is 110 cm³/mol. The molecule has 0 spiro atoms. The molecule has 0 bridgehead atoms. The molecule has 3 amide bonds. The van der Waals surface area contributed by atoms with Crippen molar-refractivity contribution < 1.29 is 27.9 Å². The Bertz CT molecular complexity index is 1110. The molecule has 7 nitrogen and oxygen atoms in total. The minimum absolute atomic E-state index is 0.0410. The number of piperidine rings is 1. The fourth-order valence-corrected chi connectivity index (χ4v) is 3.99. The molecule has 0 radical (unpaired) electrons. The first kappa shape index (κ1) is 20.8. The van der Waals surface area contributed by atoms with Crippen LogP contribution >= 0.6 is 0 Å². The second kappa shape index (κ2) is 7.68. The van der Waals surface area contributed by atoms with Gasteiger partial charge in [0.05, 0.1) is 12.5 Å². The molecule has 1 atom stereocenters. The van der Waals surface area contributed by atoms with E-state index in [1.165, 1.54) is 36.3 Å². The number of hydrogen-bond donors (Lipinski definition) is 2. The van der Waals surface area contributed by atoms with Crippen LogP contribution in [0.15, 0.2) is 30.3 Å². The Morgan fingerprint density at radius 1 is 1.23 bits per heavy atom. The van der Waals surface area contributed by atoms with Crippen LogP contribution in [0.4, 0.5) is 14.5 Å². The van der Waals surface area contributed by atoms with Crippen LogP contribution in [0.25, 0.3) is 0 Å². The lowest BCUT2D eigenvalue weighted by Gasteiger charge is -2.39. The van der Waals surface area contributed by atoms with E-state index in [0.29, 0.717) is 22.6 Å². The van der Waals surface area contributed by atoms with Gasteiger partial charge in [-0.25, -0.2) is 8.78 Å². The maximum Gasteiger partial charge on any atom is 0.254 e. The number of ether oxygens (including phenoxy) is 1. The first-order chi connectivity index (χ1) is 14.7. The molecule has 2 heterocycles. The molecule has 2 aliphatic heterocycles. The first-order valence-corrected chi connectivity index (χ1v) is 9.78. The Kier molecular flexibility index (Phi) is 5.16. The van der Waals surface area contributed by atoms with Crippen LogP contribution in [0.1, 0.15) is 34.3 Å². The molecule has 10 heteroatoms. The summed E-state index contributed by atoms with van der Waals surface area (Å²) < 4.78 is 33.5. The standard InChI is InChI=1S/C21H20BF2N3O4/c1-31-13-2-3-16(24)11(6-13)9-25-17-8-12(23)7-14-15(17)10-27(19(14)29)21(22)5-4-18(28)26-20(21)30/h2-3,6-8,25H,4-5,9-10,22H2,1H3,(H,26,28,30). The zero-order valence-electron chi connectivity index (χ0n) is 17.1. The van der Waals surface area contributed by atoms with Crippen molar-refractivity contribution in [3.8, 4) is 5.75 Å². The van der Waals surface area contributed by atoms with E-state index in [2.05, 4.69) is 10.6 Å². The average Bonchev–Trinajstić information content (AvgIpc) is 3.07. The number of fused-ring (bicyclic) bond motifs is 1. The Morgan fingerprint density at radius 3 is 2.71 bits per heavy atom. The predicted octanol–water partition coefficient (Wildman–Crippen LogP) is 1.31. The molecule has 2 N–H and O–H groups in total. The summed E-state index contributed by atoms with van der Waals surface area (Å²) in [6.07, 6.45) is 0.286. The summed E-state index contributed by atoms with van der Waals surface area (Å²) in [5.41, 5.74) is 0.0798. The fraction of sp³-hybridized carbons (Fsp3) is 0.286. The number of amides is 3. The highest BCUT2D eigenvalue weighted by atomic mass is 19.1. The molecule has 31 heavy (non-hydrogen) atoms. The summed E-state index contributed by atoms with van der Waals surface area (Å²) in [4.78, 5) is 38.4. The molecule has 2 aromatic rings. The van der Waals surface area contributed by atoms with Gasteiger partial charge in [-0.2, -0.15) is 0 Å². The number of rotatable bonds is 5. The number of carbonyl (C=O) groups excluding carboxylic acids is 3. The molecule has 0 aromatic heterocycles. The lowest BCUT2D eigenvalue weighted by Crippen LogP contribution is -2.63. The number of imide groups is 1. The first-order valence-electron chi connectivity index (χ1n) is 9.78. The van der Waals surface area contributed by atoms with E-state index < -0.39 is 28.9 Å². The highest BCUT2D eigenvalue weighted by Crippen LogP contribution is 2.36. The van der Waals surface area contributed by atoms with Crippen molar-refractivity contribution in [3.63, 3.8) is 0 Å². The molecule has 1 saturated heterocycles. The van der Waals surface area contributed by atoms with E-state index in [1.54, 1.807) is 7.85 Å². The third kappa shape index (κ3) is 3.62. The molecular weight excluding hydrogens is 407 g/mol. The summed E-state index contributed by atoms with van der Waals surface area (Å²) in [6.45, 7) is 0.106. The monoisotopic (exact) mass is 427 g/mol. The molecule has 160 valence electrons. The third-order valence-corrected chi connectivity index (χ3v) is 5.91. The van der Waals surface area contributed by atoms with Gasteiger partial charge in [-0.05, 0) is 36.8 Å². The highest BCUT2D eigenvalue weighted by Gasteiger charge is 2.48. The summed E-state index contributed by atoms with van der Waals surface area (Å²) in [6, 6.07) is 6.67. The number of hydrogen-bond acceptors (Lipinski definition) is 5. The van der Waals surface area contributed by atoms with Crippen molar-refractivity contribution >= 4 is 31.3 Å². The van der Waals surface area contributed by atoms with Gasteiger partial charge in [-0.3, -0.25) is 19.7 Å². The number of methoxy groups -OCH3 is 1. The Hall–Kier alpha value is -3.43. The fourth-order valence-electron chi connectivity index (χ4n) is 3.99. The van der Waals surface area contributed by atoms with Crippen molar-refractivity contribution in [1.29, 1.82) is 0 Å². The lowest BCUT2D eigenvalue weighted by atomic mass is 9.70. The van der Waals surface area contributed by atoms with E-state index in [4.69, 9.17) is 4.74 Å². The molecule has 2 aromatic carbocycles. The van der Waals surface area contributed by atoms with Crippen LogP contribution < -0.4 is 15.4 Å². The maximum atomic E-state index is 14.3. The summed E-state index contributed by atoms with van der Waals surface area (Å²) in [7, 11) is 3.06. The van der Waals surface area contributed by atoms with Gasteiger partial charge in [0.1, 0.15) is 25.2 Å². The van der Waals surface area contributed by atoms with Gasteiger partial charge in [0, 0.05) is 41.9 Å². The quantitative estimate of drug-likeness (QED) is 0.555. The molecule has 1 fully saturated rings. The Morgan fingerprint density at radius 2 is 2.00 bits per heavy atom. The normalized spacial score (nSPS) is 20.5. The molecule has 1 unspecified atom stereocenters. The van der Waals surface area contributed by atoms with Crippen LogP contribution in [0, 0.1) is 11.6 Å². The number of carbonyl (C=O) groups is 3. The number of nitrogens with one attached hydrogen (secondary N) is 2. The molecule has 0 aliphatic carbocycles. The topological polar surface area (TPSA) is 87.7 Å². The SMILES string of the molecule is BC1(N2Cc3c(NCc4cc(OC)ccc4F)cc(F)cc3C2=O)CCC(=O)NC1=O. The maximum absolute atomic E-state index is 14.3. The van der Waals surface area contributed by atoms with Crippen molar-refractivity contribution in [1.82, 2.24) is 10.2 Å². The largest absolute Gasteiger partial charge is 0.497 e. The van der Waals surface area contributed by atoms with E-state index in [1.807, 2.05) is 0 Å². The van der Waals surface area contributed by atoms with Crippen LogP contribution in [-0.2, 0) is 22.7 Å². The minimum atomic E-state index is -1.23. The highest BCUT2D eigenvalue weighted by molar-refractivity contribution is 6.32. The van der Waals surface area contributed by atoms with Crippen molar-refractivity contribution in [2.75, 3.05) is 12.4 Å². The summed E-state index contributed by atoms with van der Waals surface area (Å²) in [5.74, 6) is -2.03. The van der Waals surface area contributed by atoms with Gasteiger partial charge in [0.2, 0.25) is 11.8 Å². The third-order valence-electron chi connectivity index (χ3n) is 5.91. The van der Waals surface area contributed by atoms with Gasteiger partial charge in [-0.15, -0.1) is 0 Å². The van der Waals surface area contributed by atoms with Gasteiger partial charge < -0.3 is 15.0 Å². The van der Waals surface area contributed by atoms with E-state index in [0.717, 1.165) is 6.07 Å². The van der Waals surface area contributed by atoms with Crippen LogP contribution in [0.3, 0.4) is 0 Å². The molecular formula is C21H20BF2N3O4.